The number of hydrogen-bond donors (Lipinski definition) is 3. The summed E-state index contributed by atoms with van der Waals surface area (Å²) in [6.45, 7) is 2.41. The van der Waals surface area contributed by atoms with Crippen molar-refractivity contribution in [1.29, 1.82) is 0 Å². The maximum Gasteiger partial charge on any atom is 0.223 e. The lowest BCUT2D eigenvalue weighted by Crippen LogP contribution is -2.13. The number of nitrogens with zero attached hydrogens (tertiary/aromatic N) is 2. The minimum atomic E-state index is -0.563. The molecule has 1 atom stereocenters. The summed E-state index contributed by atoms with van der Waals surface area (Å²) in [5.41, 5.74) is 6.62. The maximum atomic E-state index is 10.1. The van der Waals surface area contributed by atoms with E-state index in [0.717, 1.165) is 20.7 Å². The minimum Gasteiger partial charge on any atom is -0.387 e. The molecule has 5 nitrogen and oxygen atoms in total. The van der Waals surface area contributed by atoms with Crippen molar-refractivity contribution in [2.45, 2.75) is 13.0 Å². The number of anilines is 2. The number of aromatic nitrogens is 2. The molecule has 0 saturated heterocycles. The Kier molecular flexibility index (Phi) is 3.56. The van der Waals surface area contributed by atoms with E-state index in [1.54, 1.807) is 22.7 Å². The molecule has 7 heteroatoms. The predicted molar refractivity (Wildman–Crippen MR) is 84.3 cm³/mol. The molecule has 0 aliphatic heterocycles. The van der Waals surface area contributed by atoms with E-state index in [1.807, 2.05) is 29.8 Å². The Labute approximate surface area is 124 Å². The number of rotatable bonds is 4. The summed E-state index contributed by atoms with van der Waals surface area (Å²) < 4.78 is 0. The zero-order valence-corrected chi connectivity index (χ0v) is 12.5. The Bertz CT molecular complexity index is 723. The highest BCUT2D eigenvalue weighted by atomic mass is 32.1. The Balaban J connectivity index is 1.83. The van der Waals surface area contributed by atoms with Crippen molar-refractivity contribution in [2.75, 3.05) is 17.6 Å². The van der Waals surface area contributed by atoms with Crippen LogP contribution in [0.5, 0.6) is 0 Å². The van der Waals surface area contributed by atoms with E-state index < -0.39 is 6.10 Å². The number of nitrogens with one attached hydrogen (secondary N) is 1. The topological polar surface area (TPSA) is 84.1 Å². The smallest absolute Gasteiger partial charge is 0.223 e. The van der Waals surface area contributed by atoms with E-state index >= 15 is 0 Å². The third-order valence-corrected chi connectivity index (χ3v) is 4.57. The van der Waals surface area contributed by atoms with Crippen LogP contribution in [-0.2, 0) is 0 Å². The Morgan fingerprint density at radius 2 is 2.30 bits per heavy atom. The first-order valence-electron chi connectivity index (χ1n) is 6.11. The van der Waals surface area contributed by atoms with Gasteiger partial charge in [-0.1, -0.05) is 0 Å². The molecule has 4 N–H and O–H groups in total. The number of aliphatic hydroxyl groups excluding tert-OH is 1. The number of thiophene rings is 2. The summed E-state index contributed by atoms with van der Waals surface area (Å²) in [5.74, 6) is 0.915. The van der Waals surface area contributed by atoms with Gasteiger partial charge in [-0.15, -0.1) is 11.3 Å². The van der Waals surface area contributed by atoms with Crippen LogP contribution < -0.4 is 11.1 Å². The van der Waals surface area contributed by atoms with Gasteiger partial charge in [0.05, 0.1) is 11.5 Å². The van der Waals surface area contributed by atoms with Gasteiger partial charge in [0, 0.05) is 11.4 Å². The van der Waals surface area contributed by atoms with E-state index in [9.17, 15) is 5.11 Å². The molecule has 0 radical (unpaired) electrons. The van der Waals surface area contributed by atoms with Gasteiger partial charge in [0.25, 0.3) is 0 Å². The molecule has 0 saturated carbocycles. The van der Waals surface area contributed by atoms with Crippen molar-refractivity contribution in [3.05, 3.63) is 33.3 Å². The third kappa shape index (κ3) is 2.60. The number of aryl methyl sites for hydroxylation is 1. The highest BCUT2D eigenvalue weighted by molar-refractivity contribution is 7.18. The lowest BCUT2D eigenvalue weighted by atomic mass is 10.2. The molecular formula is C13H14N4OS2. The fraction of sp³-hybridized carbons (Fsp3) is 0.231. The summed E-state index contributed by atoms with van der Waals surface area (Å²) in [6, 6.07) is 3.94. The Morgan fingerprint density at radius 3 is 3.05 bits per heavy atom. The lowest BCUT2D eigenvalue weighted by Gasteiger charge is -2.11. The number of nitrogen functional groups attached to an aromatic ring is 1. The van der Waals surface area contributed by atoms with Crippen LogP contribution in [0.3, 0.4) is 0 Å². The molecule has 3 aromatic heterocycles. The molecule has 0 fully saturated rings. The van der Waals surface area contributed by atoms with Gasteiger partial charge in [-0.3, -0.25) is 0 Å². The molecule has 3 heterocycles. The van der Waals surface area contributed by atoms with Crippen LogP contribution in [0.2, 0.25) is 0 Å². The van der Waals surface area contributed by atoms with Gasteiger partial charge in [0.15, 0.2) is 0 Å². The average molecular weight is 306 g/mol. The first kappa shape index (κ1) is 13.3. The van der Waals surface area contributed by atoms with Crippen molar-refractivity contribution in [1.82, 2.24) is 9.97 Å². The van der Waals surface area contributed by atoms with Crippen LogP contribution >= 0.6 is 22.7 Å². The monoisotopic (exact) mass is 306 g/mol. The zero-order chi connectivity index (χ0) is 14.1. The standard InChI is InChI=1S/C13H14N4OS2/c1-7-4-9-11(16-13(14)17-12(9)20-7)15-5-10(18)8-2-3-19-6-8/h2-4,6,10,18H,5H2,1H3,(H3,14,15,16,17). The van der Waals surface area contributed by atoms with Crippen molar-refractivity contribution in [3.8, 4) is 0 Å². The summed E-state index contributed by atoms with van der Waals surface area (Å²) in [4.78, 5) is 10.5. The van der Waals surface area contributed by atoms with Crippen LogP contribution in [0, 0.1) is 6.92 Å². The summed E-state index contributed by atoms with van der Waals surface area (Å²) in [5, 5.41) is 18.1. The van der Waals surface area contributed by atoms with E-state index in [1.165, 1.54) is 0 Å². The SMILES string of the molecule is Cc1cc2c(NCC(O)c3ccsc3)nc(N)nc2s1. The van der Waals surface area contributed by atoms with Crippen LogP contribution in [0.1, 0.15) is 16.5 Å². The van der Waals surface area contributed by atoms with Gasteiger partial charge in [0.2, 0.25) is 5.95 Å². The first-order valence-corrected chi connectivity index (χ1v) is 7.87. The second kappa shape index (κ2) is 5.35. The molecule has 104 valence electrons. The first-order chi connectivity index (χ1) is 9.63. The largest absolute Gasteiger partial charge is 0.387 e. The quantitative estimate of drug-likeness (QED) is 0.690. The van der Waals surface area contributed by atoms with Crippen molar-refractivity contribution < 1.29 is 5.11 Å². The number of nitrogens with two attached hydrogens (primary N) is 1. The van der Waals surface area contributed by atoms with Crippen LogP contribution in [0.25, 0.3) is 10.2 Å². The summed E-state index contributed by atoms with van der Waals surface area (Å²) in [6.07, 6.45) is -0.563. The van der Waals surface area contributed by atoms with Crippen molar-refractivity contribution in [3.63, 3.8) is 0 Å². The van der Waals surface area contributed by atoms with Crippen LogP contribution in [-0.4, -0.2) is 21.6 Å². The fourth-order valence-electron chi connectivity index (χ4n) is 1.97. The molecular weight excluding hydrogens is 292 g/mol. The summed E-state index contributed by atoms with van der Waals surface area (Å²) in [7, 11) is 0. The molecule has 0 bridgehead atoms. The highest BCUT2D eigenvalue weighted by Gasteiger charge is 2.12. The van der Waals surface area contributed by atoms with Crippen molar-refractivity contribution >= 4 is 44.7 Å². The zero-order valence-electron chi connectivity index (χ0n) is 10.8. The predicted octanol–water partition coefficient (Wildman–Crippen LogP) is 2.79. The fourth-order valence-corrected chi connectivity index (χ4v) is 3.56. The molecule has 20 heavy (non-hydrogen) atoms. The molecule has 0 aliphatic carbocycles. The van der Waals surface area contributed by atoms with Gasteiger partial charge in [-0.25, -0.2) is 4.98 Å². The van der Waals surface area contributed by atoms with Gasteiger partial charge in [-0.05, 0) is 35.4 Å². The molecule has 3 aromatic rings. The van der Waals surface area contributed by atoms with Gasteiger partial charge < -0.3 is 16.2 Å². The van der Waals surface area contributed by atoms with Crippen molar-refractivity contribution in [2.24, 2.45) is 0 Å². The molecule has 0 aromatic carbocycles. The van der Waals surface area contributed by atoms with Gasteiger partial charge in [-0.2, -0.15) is 16.3 Å². The van der Waals surface area contributed by atoms with E-state index in [2.05, 4.69) is 15.3 Å². The molecule has 0 aliphatic rings. The summed E-state index contributed by atoms with van der Waals surface area (Å²) >= 11 is 3.15. The second-order valence-corrected chi connectivity index (χ2v) is 6.47. The molecule has 1 unspecified atom stereocenters. The number of hydrogen-bond acceptors (Lipinski definition) is 7. The van der Waals surface area contributed by atoms with Crippen LogP contribution in [0.15, 0.2) is 22.9 Å². The molecule has 0 spiro atoms. The van der Waals surface area contributed by atoms with Gasteiger partial charge in [0.1, 0.15) is 10.6 Å². The lowest BCUT2D eigenvalue weighted by molar-refractivity contribution is 0.192. The van der Waals surface area contributed by atoms with E-state index in [4.69, 9.17) is 5.73 Å². The Morgan fingerprint density at radius 1 is 1.45 bits per heavy atom. The molecule has 3 rings (SSSR count). The molecule has 0 amide bonds. The Hall–Kier alpha value is -1.70. The van der Waals surface area contributed by atoms with Crippen LogP contribution in [0.4, 0.5) is 11.8 Å². The number of fused-ring (bicyclic) bond motifs is 1. The number of aliphatic hydroxyl groups is 1. The average Bonchev–Trinajstić information content (AvgIpc) is 3.03. The normalized spacial score (nSPS) is 12.7. The second-order valence-electron chi connectivity index (χ2n) is 4.46. The highest BCUT2D eigenvalue weighted by Crippen LogP contribution is 2.29. The minimum absolute atomic E-state index is 0.242. The van der Waals surface area contributed by atoms with E-state index in [0.29, 0.717) is 12.4 Å². The van der Waals surface area contributed by atoms with E-state index in [-0.39, 0.29) is 5.95 Å². The van der Waals surface area contributed by atoms with Gasteiger partial charge >= 0.3 is 0 Å². The third-order valence-electron chi connectivity index (χ3n) is 2.92. The maximum absolute atomic E-state index is 10.1.